The molecule has 0 saturated carbocycles. The van der Waals surface area contributed by atoms with Crippen LogP contribution in [0.5, 0.6) is 0 Å². The zero-order valence-electron chi connectivity index (χ0n) is 11.3. The molecule has 0 bridgehead atoms. The number of anilines is 1. The van der Waals surface area contributed by atoms with Gasteiger partial charge >= 0.3 is 0 Å². The summed E-state index contributed by atoms with van der Waals surface area (Å²) >= 11 is 0. The van der Waals surface area contributed by atoms with E-state index in [0.717, 1.165) is 31.7 Å². The van der Waals surface area contributed by atoms with Crippen molar-refractivity contribution in [2.24, 2.45) is 5.92 Å². The second kappa shape index (κ2) is 6.19. The van der Waals surface area contributed by atoms with Crippen molar-refractivity contribution >= 4 is 5.69 Å². The van der Waals surface area contributed by atoms with Crippen LogP contribution in [0.2, 0.25) is 0 Å². The molecule has 1 aromatic carbocycles. The van der Waals surface area contributed by atoms with Crippen LogP contribution < -0.4 is 10.2 Å². The number of nitrogens with zero attached hydrogens (tertiary/aromatic N) is 1. The van der Waals surface area contributed by atoms with Gasteiger partial charge in [-0.05, 0) is 43.1 Å². The van der Waals surface area contributed by atoms with Crippen molar-refractivity contribution in [2.75, 3.05) is 24.5 Å². The fraction of sp³-hybridized carbons (Fsp3) is 0.600. The topological polar surface area (TPSA) is 15.3 Å². The molecule has 0 amide bonds. The summed E-state index contributed by atoms with van der Waals surface area (Å²) in [6.07, 6.45) is 2.33. The van der Waals surface area contributed by atoms with E-state index in [4.69, 9.17) is 0 Å². The number of hydrogen-bond acceptors (Lipinski definition) is 2. The largest absolute Gasteiger partial charge is 0.370 e. The van der Waals surface area contributed by atoms with Crippen LogP contribution in [0.25, 0.3) is 0 Å². The van der Waals surface area contributed by atoms with Crippen LogP contribution >= 0.6 is 0 Å². The molecule has 100 valence electrons. The summed E-state index contributed by atoms with van der Waals surface area (Å²) in [6.45, 7) is 7.67. The Morgan fingerprint density at radius 1 is 1.39 bits per heavy atom. The van der Waals surface area contributed by atoms with E-state index in [9.17, 15) is 4.39 Å². The van der Waals surface area contributed by atoms with Crippen LogP contribution in [-0.2, 0) is 0 Å². The van der Waals surface area contributed by atoms with Crippen LogP contribution in [0.4, 0.5) is 10.1 Å². The minimum atomic E-state index is -0.162. The lowest BCUT2D eigenvalue weighted by atomic mass is 9.99. The van der Waals surface area contributed by atoms with E-state index in [2.05, 4.69) is 24.1 Å². The normalized spacial score (nSPS) is 22.6. The van der Waals surface area contributed by atoms with Gasteiger partial charge in [-0.2, -0.15) is 0 Å². The Morgan fingerprint density at radius 2 is 2.11 bits per heavy atom. The minimum Gasteiger partial charge on any atom is -0.370 e. The van der Waals surface area contributed by atoms with E-state index >= 15 is 0 Å². The highest BCUT2D eigenvalue weighted by atomic mass is 19.1. The number of benzene rings is 1. The van der Waals surface area contributed by atoms with E-state index in [-0.39, 0.29) is 5.82 Å². The predicted molar refractivity (Wildman–Crippen MR) is 74.5 cm³/mol. The van der Waals surface area contributed by atoms with Crippen LogP contribution in [0.15, 0.2) is 24.3 Å². The third kappa shape index (κ3) is 3.22. The van der Waals surface area contributed by atoms with Gasteiger partial charge in [-0.1, -0.05) is 20.3 Å². The lowest BCUT2D eigenvalue weighted by Crippen LogP contribution is -2.42. The van der Waals surface area contributed by atoms with Gasteiger partial charge in [0.25, 0.3) is 0 Å². The number of halogens is 1. The SMILES string of the molecule is CCC(C)C1CN(c2ccc(F)cc2)CCCN1. The Hall–Kier alpha value is -1.09. The zero-order valence-corrected chi connectivity index (χ0v) is 11.3. The van der Waals surface area contributed by atoms with Gasteiger partial charge in [-0.3, -0.25) is 0 Å². The first-order chi connectivity index (χ1) is 8.70. The molecule has 1 N–H and O–H groups in total. The highest BCUT2D eigenvalue weighted by molar-refractivity contribution is 5.46. The van der Waals surface area contributed by atoms with E-state index in [0.29, 0.717) is 12.0 Å². The average Bonchev–Trinajstić information content (AvgIpc) is 2.64. The minimum absolute atomic E-state index is 0.162. The van der Waals surface area contributed by atoms with Crippen LogP contribution in [0, 0.1) is 11.7 Å². The Balaban J connectivity index is 2.09. The standard InChI is InChI=1S/C15H23FN2/c1-3-12(2)15-11-18(10-4-9-17-15)14-7-5-13(16)6-8-14/h5-8,12,15,17H,3-4,9-11H2,1-2H3. The summed E-state index contributed by atoms with van der Waals surface area (Å²) in [7, 11) is 0. The van der Waals surface area contributed by atoms with Crippen LogP contribution in [0.3, 0.4) is 0 Å². The van der Waals surface area contributed by atoms with Crippen molar-refractivity contribution < 1.29 is 4.39 Å². The van der Waals surface area contributed by atoms with Gasteiger partial charge in [0.15, 0.2) is 0 Å². The van der Waals surface area contributed by atoms with Crippen molar-refractivity contribution in [3.8, 4) is 0 Å². The van der Waals surface area contributed by atoms with Gasteiger partial charge in [0, 0.05) is 24.8 Å². The third-order valence-electron chi connectivity index (χ3n) is 3.95. The van der Waals surface area contributed by atoms with E-state index in [1.165, 1.54) is 6.42 Å². The molecule has 0 aliphatic carbocycles. The van der Waals surface area contributed by atoms with Crippen molar-refractivity contribution in [3.63, 3.8) is 0 Å². The number of hydrogen-bond donors (Lipinski definition) is 1. The fourth-order valence-corrected chi connectivity index (χ4v) is 2.50. The van der Waals surface area contributed by atoms with Crippen molar-refractivity contribution in [3.05, 3.63) is 30.1 Å². The quantitative estimate of drug-likeness (QED) is 0.887. The summed E-state index contributed by atoms with van der Waals surface area (Å²) in [5, 5.41) is 3.63. The molecule has 1 saturated heterocycles. The smallest absolute Gasteiger partial charge is 0.123 e. The van der Waals surface area contributed by atoms with E-state index in [1.807, 2.05) is 12.1 Å². The Bertz CT molecular complexity index is 363. The summed E-state index contributed by atoms with van der Waals surface area (Å²) in [6, 6.07) is 7.39. The van der Waals surface area contributed by atoms with Gasteiger partial charge < -0.3 is 10.2 Å². The Labute approximate surface area is 109 Å². The van der Waals surface area contributed by atoms with Crippen molar-refractivity contribution in [2.45, 2.75) is 32.7 Å². The number of nitrogens with one attached hydrogen (secondary N) is 1. The molecule has 1 aliphatic rings. The highest BCUT2D eigenvalue weighted by Gasteiger charge is 2.21. The second-order valence-corrected chi connectivity index (χ2v) is 5.22. The second-order valence-electron chi connectivity index (χ2n) is 5.22. The molecule has 3 heteroatoms. The van der Waals surface area contributed by atoms with Gasteiger partial charge in [0.05, 0.1) is 0 Å². The fourth-order valence-electron chi connectivity index (χ4n) is 2.50. The molecule has 18 heavy (non-hydrogen) atoms. The molecule has 0 radical (unpaired) electrons. The monoisotopic (exact) mass is 250 g/mol. The first kappa shape index (κ1) is 13.3. The van der Waals surface area contributed by atoms with Gasteiger partial charge in [0.2, 0.25) is 0 Å². The molecule has 2 unspecified atom stereocenters. The first-order valence-electron chi connectivity index (χ1n) is 6.94. The van der Waals surface area contributed by atoms with Gasteiger partial charge in [0.1, 0.15) is 5.82 Å². The molecule has 1 aromatic rings. The molecule has 2 nitrogen and oxygen atoms in total. The van der Waals surface area contributed by atoms with Crippen molar-refractivity contribution in [1.29, 1.82) is 0 Å². The molecule has 1 fully saturated rings. The lowest BCUT2D eigenvalue weighted by molar-refractivity contribution is 0.384. The maximum Gasteiger partial charge on any atom is 0.123 e. The maximum atomic E-state index is 13.0. The summed E-state index contributed by atoms with van der Waals surface area (Å²) < 4.78 is 13.0. The van der Waals surface area contributed by atoms with Crippen LogP contribution in [0.1, 0.15) is 26.7 Å². The third-order valence-corrected chi connectivity index (χ3v) is 3.95. The average molecular weight is 250 g/mol. The van der Waals surface area contributed by atoms with Gasteiger partial charge in [-0.15, -0.1) is 0 Å². The molecule has 0 spiro atoms. The van der Waals surface area contributed by atoms with Crippen LogP contribution in [-0.4, -0.2) is 25.7 Å². The Kier molecular flexibility index (Phi) is 4.59. The Morgan fingerprint density at radius 3 is 2.78 bits per heavy atom. The molecular weight excluding hydrogens is 227 g/mol. The summed E-state index contributed by atoms with van der Waals surface area (Å²) in [4.78, 5) is 2.37. The van der Waals surface area contributed by atoms with Crippen molar-refractivity contribution in [1.82, 2.24) is 5.32 Å². The highest BCUT2D eigenvalue weighted by Crippen LogP contribution is 2.19. The zero-order chi connectivity index (χ0) is 13.0. The molecule has 0 aromatic heterocycles. The maximum absolute atomic E-state index is 13.0. The first-order valence-corrected chi connectivity index (χ1v) is 6.94. The molecular formula is C15H23FN2. The number of rotatable bonds is 3. The lowest BCUT2D eigenvalue weighted by Gasteiger charge is -2.29. The van der Waals surface area contributed by atoms with E-state index < -0.39 is 0 Å². The van der Waals surface area contributed by atoms with E-state index in [1.54, 1.807) is 12.1 Å². The summed E-state index contributed by atoms with van der Waals surface area (Å²) in [5.74, 6) is 0.510. The molecule has 2 atom stereocenters. The van der Waals surface area contributed by atoms with Gasteiger partial charge in [-0.25, -0.2) is 4.39 Å². The molecule has 2 rings (SSSR count). The predicted octanol–water partition coefficient (Wildman–Crippen LogP) is 3.04. The summed E-state index contributed by atoms with van der Waals surface area (Å²) in [5.41, 5.74) is 1.13. The molecule has 1 heterocycles. The molecule has 1 aliphatic heterocycles.